The van der Waals surface area contributed by atoms with Gasteiger partial charge in [0.15, 0.2) is 5.82 Å². The fourth-order valence-electron chi connectivity index (χ4n) is 3.92. The van der Waals surface area contributed by atoms with Crippen molar-refractivity contribution in [1.82, 2.24) is 10.2 Å². The predicted molar refractivity (Wildman–Crippen MR) is 139 cm³/mol. The quantitative estimate of drug-likeness (QED) is 0.277. The zero-order valence-electron chi connectivity index (χ0n) is 19.5. The van der Waals surface area contributed by atoms with Gasteiger partial charge in [-0.05, 0) is 61.0 Å². The Bertz CT molecular complexity index is 1530. The molecule has 3 aromatic carbocycles. The van der Waals surface area contributed by atoms with E-state index in [-0.39, 0.29) is 22.5 Å². The second kappa shape index (κ2) is 10.6. The van der Waals surface area contributed by atoms with Crippen LogP contribution >= 0.6 is 23.2 Å². The van der Waals surface area contributed by atoms with Crippen molar-refractivity contribution >= 4 is 40.9 Å². The SMILES string of the molecule is O=C(Nc1ccc(-c2ccc(Cl)c(F)c2)nn1)c1ccc(Oc2cc3c(cc2Cl)C(C(=O)O)CCO3)cc1. The molecule has 2 N–H and O–H groups in total. The van der Waals surface area contributed by atoms with E-state index in [1.807, 2.05) is 0 Å². The topological polar surface area (TPSA) is 111 Å². The number of carbonyl (C=O) groups excluding carboxylic acids is 1. The van der Waals surface area contributed by atoms with E-state index in [1.54, 1.807) is 54.6 Å². The molecule has 1 atom stereocenters. The monoisotopic (exact) mass is 553 g/mol. The van der Waals surface area contributed by atoms with Gasteiger partial charge in [0.05, 0.1) is 28.3 Å². The molecule has 1 aliphatic heterocycles. The fraction of sp³-hybridized carbons (Fsp3) is 0.111. The Morgan fingerprint density at radius 1 is 1.00 bits per heavy atom. The Labute approximate surface area is 225 Å². The summed E-state index contributed by atoms with van der Waals surface area (Å²) in [5, 5.41) is 20.3. The highest BCUT2D eigenvalue weighted by molar-refractivity contribution is 6.32. The largest absolute Gasteiger partial charge is 0.493 e. The van der Waals surface area contributed by atoms with E-state index >= 15 is 0 Å². The standard InChI is InChI=1S/C27H18Cl2FN3O5/c28-19-6-3-15(11-21(19)30)22-7-8-25(33-32-22)31-26(34)14-1-4-16(5-2-14)38-24-13-23-18(12-20(24)29)17(27(35)36)9-10-37-23/h1-8,11-13,17H,9-10H2,(H,35,36)(H,31,33,34). The molecular formula is C27H18Cl2FN3O5. The minimum atomic E-state index is -0.938. The number of anilines is 1. The molecule has 192 valence electrons. The van der Waals surface area contributed by atoms with Gasteiger partial charge >= 0.3 is 5.97 Å². The van der Waals surface area contributed by atoms with Gasteiger partial charge in [0.1, 0.15) is 23.1 Å². The smallest absolute Gasteiger partial charge is 0.311 e. The third-order valence-electron chi connectivity index (χ3n) is 5.87. The summed E-state index contributed by atoms with van der Waals surface area (Å²) in [7, 11) is 0. The van der Waals surface area contributed by atoms with Crippen LogP contribution < -0.4 is 14.8 Å². The van der Waals surface area contributed by atoms with E-state index in [2.05, 4.69) is 15.5 Å². The number of hydrogen-bond acceptors (Lipinski definition) is 6. The van der Waals surface area contributed by atoms with Gasteiger partial charge in [0.2, 0.25) is 0 Å². The van der Waals surface area contributed by atoms with Crippen molar-refractivity contribution in [3.63, 3.8) is 0 Å². The van der Waals surface area contributed by atoms with Crippen molar-refractivity contribution in [2.24, 2.45) is 0 Å². The van der Waals surface area contributed by atoms with Crippen LogP contribution in [0.1, 0.15) is 28.3 Å². The lowest BCUT2D eigenvalue weighted by atomic mass is 9.93. The number of nitrogens with zero attached hydrogens (tertiary/aromatic N) is 2. The van der Waals surface area contributed by atoms with Crippen LogP contribution in [0.4, 0.5) is 10.2 Å². The molecule has 0 radical (unpaired) electrons. The van der Waals surface area contributed by atoms with Crippen LogP contribution in [0, 0.1) is 5.82 Å². The number of carbonyl (C=O) groups is 2. The van der Waals surface area contributed by atoms with Gasteiger partial charge in [0, 0.05) is 22.8 Å². The van der Waals surface area contributed by atoms with Crippen molar-refractivity contribution < 1.29 is 28.6 Å². The Morgan fingerprint density at radius 2 is 1.79 bits per heavy atom. The number of fused-ring (bicyclic) bond motifs is 1. The number of benzene rings is 3. The molecule has 0 spiro atoms. The maximum atomic E-state index is 13.7. The Kier molecular flexibility index (Phi) is 7.13. The molecule has 8 nitrogen and oxygen atoms in total. The molecule has 5 rings (SSSR count). The normalized spacial score (nSPS) is 14.2. The number of ether oxygens (including phenoxy) is 2. The number of aromatic nitrogens is 2. The molecule has 2 heterocycles. The van der Waals surface area contributed by atoms with Gasteiger partial charge in [-0.2, -0.15) is 0 Å². The summed E-state index contributed by atoms with van der Waals surface area (Å²) >= 11 is 12.1. The first kappa shape index (κ1) is 25.4. The molecule has 38 heavy (non-hydrogen) atoms. The zero-order chi connectivity index (χ0) is 26.8. The number of aliphatic carboxylic acids is 1. The first-order chi connectivity index (χ1) is 18.3. The maximum absolute atomic E-state index is 13.7. The molecule has 0 fully saturated rings. The molecule has 0 saturated heterocycles. The lowest BCUT2D eigenvalue weighted by Crippen LogP contribution is -2.20. The fourth-order valence-corrected chi connectivity index (χ4v) is 4.25. The van der Waals surface area contributed by atoms with Crippen molar-refractivity contribution in [3.8, 4) is 28.5 Å². The van der Waals surface area contributed by atoms with Crippen LogP contribution in [-0.4, -0.2) is 33.8 Å². The average molecular weight is 554 g/mol. The first-order valence-corrected chi connectivity index (χ1v) is 12.1. The van der Waals surface area contributed by atoms with Crippen molar-refractivity contribution in [1.29, 1.82) is 0 Å². The maximum Gasteiger partial charge on any atom is 0.311 e. The van der Waals surface area contributed by atoms with Gasteiger partial charge < -0.3 is 19.9 Å². The highest BCUT2D eigenvalue weighted by Crippen LogP contribution is 2.41. The minimum absolute atomic E-state index is 0.00990. The van der Waals surface area contributed by atoms with E-state index < -0.39 is 23.6 Å². The number of amides is 1. The first-order valence-electron chi connectivity index (χ1n) is 11.4. The van der Waals surface area contributed by atoms with Crippen molar-refractivity contribution in [2.45, 2.75) is 12.3 Å². The highest BCUT2D eigenvalue weighted by Gasteiger charge is 2.29. The third kappa shape index (κ3) is 5.39. The Hall–Kier alpha value is -4.21. The molecule has 1 amide bonds. The summed E-state index contributed by atoms with van der Waals surface area (Å²) in [6.07, 6.45) is 0.362. The van der Waals surface area contributed by atoms with Crippen LogP contribution in [0.15, 0.2) is 66.7 Å². The second-order valence-electron chi connectivity index (χ2n) is 8.36. The predicted octanol–water partition coefficient (Wildman–Crippen LogP) is 6.58. The summed E-state index contributed by atoms with van der Waals surface area (Å²) < 4.78 is 25.1. The molecule has 11 heteroatoms. The van der Waals surface area contributed by atoms with Gasteiger partial charge in [-0.3, -0.25) is 9.59 Å². The molecule has 0 aliphatic carbocycles. The summed E-state index contributed by atoms with van der Waals surface area (Å²) in [5.41, 5.74) is 1.77. The summed E-state index contributed by atoms with van der Waals surface area (Å²) in [6, 6.07) is 16.9. The van der Waals surface area contributed by atoms with Crippen LogP contribution in [0.5, 0.6) is 17.2 Å². The summed E-state index contributed by atoms with van der Waals surface area (Å²) in [5.74, 6) is -1.28. The summed E-state index contributed by atoms with van der Waals surface area (Å²) in [6.45, 7) is 0.279. The lowest BCUT2D eigenvalue weighted by Gasteiger charge is -2.24. The zero-order valence-corrected chi connectivity index (χ0v) is 21.0. The molecule has 4 aromatic rings. The molecule has 1 aromatic heterocycles. The van der Waals surface area contributed by atoms with Crippen LogP contribution in [0.2, 0.25) is 10.0 Å². The van der Waals surface area contributed by atoms with Gasteiger partial charge in [-0.15, -0.1) is 10.2 Å². The molecule has 0 bridgehead atoms. The lowest BCUT2D eigenvalue weighted by molar-refractivity contribution is -0.139. The molecule has 1 unspecified atom stereocenters. The van der Waals surface area contributed by atoms with Gasteiger partial charge in [-0.1, -0.05) is 29.3 Å². The van der Waals surface area contributed by atoms with E-state index in [9.17, 15) is 19.1 Å². The number of carboxylic acids is 1. The number of hydrogen-bond donors (Lipinski definition) is 2. The van der Waals surface area contributed by atoms with Crippen LogP contribution in [0.25, 0.3) is 11.3 Å². The van der Waals surface area contributed by atoms with Gasteiger partial charge in [0.25, 0.3) is 5.91 Å². The average Bonchev–Trinajstić information content (AvgIpc) is 2.91. The van der Waals surface area contributed by atoms with Gasteiger partial charge in [-0.25, -0.2) is 4.39 Å². The number of halogens is 3. The Morgan fingerprint density at radius 3 is 2.47 bits per heavy atom. The molecular weight excluding hydrogens is 536 g/mol. The number of nitrogens with one attached hydrogen (secondary N) is 1. The second-order valence-corrected chi connectivity index (χ2v) is 9.18. The van der Waals surface area contributed by atoms with E-state index in [0.717, 1.165) is 0 Å². The highest BCUT2D eigenvalue weighted by atomic mass is 35.5. The van der Waals surface area contributed by atoms with E-state index in [1.165, 1.54) is 12.1 Å². The summed E-state index contributed by atoms with van der Waals surface area (Å²) in [4.78, 5) is 24.2. The Balaban J connectivity index is 1.25. The molecule has 0 saturated carbocycles. The van der Waals surface area contributed by atoms with E-state index in [4.69, 9.17) is 32.7 Å². The van der Waals surface area contributed by atoms with Crippen molar-refractivity contribution in [2.75, 3.05) is 11.9 Å². The number of rotatable bonds is 6. The molecule has 1 aliphatic rings. The minimum Gasteiger partial charge on any atom is -0.493 e. The van der Waals surface area contributed by atoms with Crippen LogP contribution in [-0.2, 0) is 4.79 Å². The van der Waals surface area contributed by atoms with E-state index in [0.29, 0.717) is 46.1 Å². The van der Waals surface area contributed by atoms with Crippen molar-refractivity contribution in [3.05, 3.63) is 93.7 Å². The number of carboxylic acid groups (broad SMARTS) is 1. The third-order valence-corrected chi connectivity index (χ3v) is 6.47. The van der Waals surface area contributed by atoms with Crippen LogP contribution in [0.3, 0.4) is 0 Å².